The first kappa shape index (κ1) is 19.0. The predicted octanol–water partition coefficient (Wildman–Crippen LogP) is 3.55. The van der Waals surface area contributed by atoms with Gasteiger partial charge in [0.15, 0.2) is 0 Å². The smallest absolute Gasteiger partial charge is 0.239 e. The van der Waals surface area contributed by atoms with Crippen LogP contribution in [0, 0.1) is 0 Å². The summed E-state index contributed by atoms with van der Waals surface area (Å²) in [4.78, 5) is 14.8. The van der Waals surface area contributed by atoms with Crippen molar-refractivity contribution in [2.24, 2.45) is 0 Å². The van der Waals surface area contributed by atoms with E-state index in [2.05, 4.69) is 31.0 Å². The van der Waals surface area contributed by atoms with Gasteiger partial charge in [-0.3, -0.25) is 9.69 Å². The average molecular weight is 373 g/mol. The fourth-order valence-corrected chi connectivity index (χ4v) is 4.31. The summed E-state index contributed by atoms with van der Waals surface area (Å²) in [6.45, 7) is 6.78. The maximum atomic E-state index is 12.6. The van der Waals surface area contributed by atoms with E-state index < -0.39 is 0 Å². The van der Waals surface area contributed by atoms with Crippen molar-refractivity contribution in [3.8, 4) is 5.69 Å². The second kappa shape index (κ2) is 7.84. The molecule has 1 amide bonds. The molecule has 2 heterocycles. The van der Waals surface area contributed by atoms with Crippen LogP contribution in [0.15, 0.2) is 36.4 Å². The van der Waals surface area contributed by atoms with Crippen molar-refractivity contribution in [3.63, 3.8) is 0 Å². The Labute approximate surface area is 160 Å². The summed E-state index contributed by atoms with van der Waals surface area (Å²) >= 11 is 1.96. The Balaban J connectivity index is 1.79. The molecule has 1 atom stereocenters. The Bertz CT molecular complexity index is 745. The van der Waals surface area contributed by atoms with Gasteiger partial charge in [-0.2, -0.15) is 16.9 Å². The lowest BCUT2D eigenvalue weighted by Crippen LogP contribution is -2.38. The zero-order valence-corrected chi connectivity index (χ0v) is 16.8. The third-order valence-corrected chi connectivity index (χ3v) is 5.81. The Hall–Kier alpha value is -1.79. The third-order valence-electron chi connectivity index (χ3n) is 4.67. The molecule has 0 aliphatic carbocycles. The lowest BCUT2D eigenvalue weighted by Gasteiger charge is -2.22. The maximum Gasteiger partial charge on any atom is 0.239 e. The van der Waals surface area contributed by atoms with Gasteiger partial charge in [-0.25, -0.2) is 4.68 Å². The summed E-state index contributed by atoms with van der Waals surface area (Å²) < 4.78 is 1.82. The molecule has 2 aromatic rings. The molecule has 1 N–H and O–H groups in total. The maximum absolute atomic E-state index is 12.6. The molecule has 0 bridgehead atoms. The quantitative estimate of drug-likeness (QED) is 0.872. The van der Waals surface area contributed by atoms with Gasteiger partial charge in [0.25, 0.3) is 0 Å². The van der Waals surface area contributed by atoms with Crippen molar-refractivity contribution < 1.29 is 4.79 Å². The first-order chi connectivity index (χ1) is 12.3. The first-order valence-corrected chi connectivity index (χ1v) is 10.2. The van der Waals surface area contributed by atoms with Crippen LogP contribution >= 0.6 is 11.8 Å². The van der Waals surface area contributed by atoms with Crippen molar-refractivity contribution in [3.05, 3.63) is 42.1 Å². The number of aromatic nitrogens is 2. The van der Waals surface area contributed by atoms with E-state index >= 15 is 0 Å². The normalized spacial score (nSPS) is 17.7. The molecule has 0 spiro atoms. The van der Waals surface area contributed by atoms with Gasteiger partial charge >= 0.3 is 0 Å². The monoisotopic (exact) mass is 372 g/mol. The summed E-state index contributed by atoms with van der Waals surface area (Å²) in [7, 11) is 2.03. The Morgan fingerprint density at radius 2 is 2.08 bits per heavy atom. The lowest BCUT2D eigenvalue weighted by molar-refractivity contribution is -0.117. The average Bonchev–Trinajstić information content (AvgIpc) is 3.25. The Kier molecular flexibility index (Phi) is 5.73. The number of carbonyl (C=O) groups is 1. The SMILES string of the molecule is CN(CC(=O)Nc1cc(C(C)(C)C)nn1-c1ccccc1)[C@H]1CCSC1. The van der Waals surface area contributed by atoms with Gasteiger partial charge in [-0.1, -0.05) is 39.0 Å². The molecule has 0 radical (unpaired) electrons. The Morgan fingerprint density at radius 3 is 2.69 bits per heavy atom. The number of nitrogens with zero attached hydrogens (tertiary/aromatic N) is 3. The lowest BCUT2D eigenvalue weighted by atomic mass is 9.92. The molecule has 1 aliphatic rings. The third kappa shape index (κ3) is 4.48. The number of amides is 1. The molecule has 3 rings (SSSR count). The minimum atomic E-state index is -0.0859. The second-order valence-electron chi connectivity index (χ2n) is 7.89. The van der Waals surface area contributed by atoms with Crippen molar-refractivity contribution in [1.82, 2.24) is 14.7 Å². The van der Waals surface area contributed by atoms with Gasteiger partial charge in [0.1, 0.15) is 5.82 Å². The fourth-order valence-electron chi connectivity index (χ4n) is 3.01. The summed E-state index contributed by atoms with van der Waals surface area (Å²) in [6, 6.07) is 12.4. The van der Waals surface area contributed by atoms with Crippen LogP contribution in [0.5, 0.6) is 0 Å². The first-order valence-electron chi connectivity index (χ1n) is 9.08. The zero-order valence-electron chi connectivity index (χ0n) is 16.0. The highest BCUT2D eigenvalue weighted by molar-refractivity contribution is 7.99. The number of para-hydroxylation sites is 1. The molecule has 5 nitrogen and oxygen atoms in total. The van der Waals surface area contributed by atoms with Crippen molar-refractivity contribution >= 4 is 23.5 Å². The zero-order chi connectivity index (χ0) is 18.7. The second-order valence-corrected chi connectivity index (χ2v) is 9.04. The molecule has 1 aromatic heterocycles. The van der Waals surface area contributed by atoms with E-state index in [0.717, 1.165) is 29.4 Å². The van der Waals surface area contributed by atoms with Gasteiger partial charge in [-0.05, 0) is 31.4 Å². The van der Waals surface area contributed by atoms with Crippen molar-refractivity contribution in [2.45, 2.75) is 38.6 Å². The number of carbonyl (C=O) groups excluding carboxylic acids is 1. The van der Waals surface area contributed by atoms with Gasteiger partial charge < -0.3 is 5.32 Å². The number of nitrogens with one attached hydrogen (secondary N) is 1. The van der Waals surface area contributed by atoms with Crippen molar-refractivity contribution in [2.75, 3.05) is 30.4 Å². The number of thioether (sulfide) groups is 1. The van der Waals surface area contributed by atoms with E-state index in [9.17, 15) is 4.79 Å². The van der Waals surface area contributed by atoms with Crippen LogP contribution < -0.4 is 5.32 Å². The summed E-state index contributed by atoms with van der Waals surface area (Å²) in [5.41, 5.74) is 1.81. The minimum absolute atomic E-state index is 0.00180. The molecule has 1 fully saturated rings. The van der Waals surface area contributed by atoms with Gasteiger partial charge in [0.05, 0.1) is 17.9 Å². The van der Waals surface area contributed by atoms with Crippen molar-refractivity contribution in [1.29, 1.82) is 0 Å². The van der Waals surface area contributed by atoms with E-state index in [4.69, 9.17) is 5.10 Å². The molecule has 140 valence electrons. The number of benzene rings is 1. The highest BCUT2D eigenvalue weighted by Crippen LogP contribution is 2.26. The van der Waals surface area contributed by atoms with E-state index in [1.54, 1.807) is 0 Å². The predicted molar refractivity (Wildman–Crippen MR) is 109 cm³/mol. The number of hydrogen-bond acceptors (Lipinski definition) is 4. The molecule has 26 heavy (non-hydrogen) atoms. The highest BCUT2D eigenvalue weighted by atomic mass is 32.2. The summed E-state index contributed by atoms with van der Waals surface area (Å²) in [6.07, 6.45) is 1.16. The van der Waals surface area contributed by atoms with Gasteiger partial charge in [0.2, 0.25) is 5.91 Å². The molecular formula is C20H28N4OS. The molecule has 1 aliphatic heterocycles. The van der Waals surface area contributed by atoms with E-state index in [1.807, 2.05) is 59.9 Å². The van der Waals surface area contributed by atoms with E-state index in [1.165, 1.54) is 5.75 Å². The van der Waals surface area contributed by atoms with Crippen LogP contribution in [-0.4, -0.2) is 51.7 Å². The van der Waals surface area contributed by atoms with Crippen LogP contribution in [0.25, 0.3) is 5.69 Å². The molecule has 0 saturated carbocycles. The molecular weight excluding hydrogens is 344 g/mol. The number of rotatable bonds is 5. The number of hydrogen-bond donors (Lipinski definition) is 1. The van der Waals surface area contributed by atoms with Crippen LogP contribution in [0.3, 0.4) is 0 Å². The van der Waals surface area contributed by atoms with Crippen LogP contribution in [0.4, 0.5) is 5.82 Å². The standard InChI is InChI=1S/C20H28N4OS/c1-20(2,3)17-12-18(24(22-17)15-8-6-5-7-9-15)21-19(25)13-23(4)16-10-11-26-14-16/h5-9,12,16H,10-11,13-14H2,1-4H3,(H,21,25)/t16-/m0/s1. The molecule has 1 aromatic carbocycles. The Morgan fingerprint density at radius 1 is 1.35 bits per heavy atom. The number of likely N-dealkylation sites (N-methyl/N-ethyl adjacent to an activating group) is 1. The number of anilines is 1. The van der Waals surface area contributed by atoms with Gasteiger partial charge in [-0.15, -0.1) is 0 Å². The molecule has 0 unspecified atom stereocenters. The van der Waals surface area contributed by atoms with Gasteiger partial charge in [0, 0.05) is 23.3 Å². The van der Waals surface area contributed by atoms with Crippen LogP contribution in [0.1, 0.15) is 32.9 Å². The molecule has 6 heteroatoms. The fraction of sp³-hybridized carbons (Fsp3) is 0.500. The van der Waals surface area contributed by atoms with Crippen LogP contribution in [0.2, 0.25) is 0 Å². The summed E-state index contributed by atoms with van der Waals surface area (Å²) in [5, 5.41) is 7.82. The summed E-state index contributed by atoms with van der Waals surface area (Å²) in [5.74, 6) is 3.02. The minimum Gasteiger partial charge on any atom is -0.309 e. The topological polar surface area (TPSA) is 50.2 Å². The largest absolute Gasteiger partial charge is 0.309 e. The van der Waals surface area contributed by atoms with Crippen LogP contribution in [-0.2, 0) is 10.2 Å². The van der Waals surface area contributed by atoms with E-state index in [-0.39, 0.29) is 11.3 Å². The molecule has 1 saturated heterocycles. The highest BCUT2D eigenvalue weighted by Gasteiger charge is 2.24. The van der Waals surface area contributed by atoms with E-state index in [0.29, 0.717) is 12.6 Å².